The van der Waals surface area contributed by atoms with Crippen LogP contribution in [0.2, 0.25) is 0 Å². The molecule has 0 aromatic carbocycles. The number of nitrogens with zero attached hydrogens (tertiary/aromatic N) is 2. The summed E-state index contributed by atoms with van der Waals surface area (Å²) in [5.41, 5.74) is 23.0. The molecular weight excluding hydrogens is 1280 g/mol. The van der Waals surface area contributed by atoms with E-state index in [1.54, 1.807) is 0 Å². The molecule has 1 aliphatic heterocycles. The lowest BCUT2D eigenvalue weighted by molar-refractivity contribution is -0.143. The molecule has 2 heterocycles. The number of aliphatic carboxylic acids is 4. The van der Waals surface area contributed by atoms with E-state index in [0.29, 0.717) is 44.3 Å². The SMILES string of the molecule is C[C@H](NC(=O)[C@H](C)NC(=O)[C@H](CCCCN)NC(=O)[C@H](Cc1cnc[nH]1)NC(=O)[C@@H]1CCCN1C(=O)[C@H](CCC(=O)O)NC(=O)[C@@H](N)CCC(=O)O)C(=O)N[C@@H](CO)C(=O)N[C@@H](C)C(=O)N[C@@H](CCC(=O)O)C(=O)NCC(=O)N[C@@H](CCCCN)C(=O)N[C@@H](CCCCN)C(=O)O. The smallest absolute Gasteiger partial charge is 0.326 e. The maximum atomic E-state index is 14.2. The Kier molecular flexibility index (Phi) is 38.2. The van der Waals surface area contributed by atoms with Crippen LogP contribution in [0.5, 0.6) is 0 Å². The molecular formula is C58H96N18O21. The largest absolute Gasteiger partial charge is 0.481 e. The second-order valence-electron chi connectivity index (χ2n) is 23.1. The van der Waals surface area contributed by atoms with Crippen molar-refractivity contribution in [3.8, 4) is 0 Å². The Morgan fingerprint density at radius 2 is 0.928 bits per heavy atom. The van der Waals surface area contributed by atoms with Crippen LogP contribution in [0, 0.1) is 0 Å². The van der Waals surface area contributed by atoms with Gasteiger partial charge in [-0.1, -0.05) is 0 Å². The van der Waals surface area contributed by atoms with E-state index in [1.807, 2.05) is 0 Å². The van der Waals surface area contributed by atoms with E-state index in [1.165, 1.54) is 26.4 Å². The molecule has 544 valence electrons. The average molecular weight is 1380 g/mol. The number of unbranched alkanes of at least 4 members (excludes halogenated alkanes) is 3. The molecule has 39 heteroatoms. The van der Waals surface area contributed by atoms with Crippen LogP contribution < -0.4 is 81.4 Å². The number of carboxylic acid groups (broad SMARTS) is 4. The summed E-state index contributed by atoms with van der Waals surface area (Å²) in [4.78, 5) is 216. The number of aliphatic hydroxyl groups is 1. The van der Waals surface area contributed by atoms with Gasteiger partial charge in [0, 0.05) is 44.1 Å². The summed E-state index contributed by atoms with van der Waals surface area (Å²) in [5, 5.41) is 73.7. The maximum absolute atomic E-state index is 14.2. The number of nitrogens with one attached hydrogen (secondary N) is 12. The Balaban J connectivity index is 2.16. The molecule has 1 fully saturated rings. The number of imidazole rings is 1. The van der Waals surface area contributed by atoms with Crippen LogP contribution in [0.25, 0.3) is 0 Å². The number of hydrogen-bond acceptors (Lipinski definition) is 22. The molecule has 0 saturated carbocycles. The third-order valence-electron chi connectivity index (χ3n) is 15.2. The van der Waals surface area contributed by atoms with Crippen molar-refractivity contribution in [1.82, 2.24) is 73.4 Å². The third kappa shape index (κ3) is 31.3. The van der Waals surface area contributed by atoms with Crippen molar-refractivity contribution in [2.24, 2.45) is 22.9 Å². The van der Waals surface area contributed by atoms with Crippen LogP contribution in [-0.2, 0) is 83.1 Å². The molecule has 0 spiro atoms. The van der Waals surface area contributed by atoms with E-state index < -0.39 is 213 Å². The first-order valence-corrected chi connectivity index (χ1v) is 31.8. The van der Waals surface area contributed by atoms with Gasteiger partial charge in [-0.3, -0.25) is 71.9 Å². The minimum Gasteiger partial charge on any atom is -0.481 e. The van der Waals surface area contributed by atoms with Crippen molar-refractivity contribution in [1.29, 1.82) is 0 Å². The molecule has 1 saturated heterocycles. The van der Waals surface area contributed by atoms with Gasteiger partial charge in [0.25, 0.3) is 0 Å². The Labute approximate surface area is 558 Å². The quantitative estimate of drug-likeness (QED) is 0.0270. The molecule has 12 atom stereocenters. The third-order valence-corrected chi connectivity index (χ3v) is 15.2. The van der Waals surface area contributed by atoms with Gasteiger partial charge < -0.3 is 117 Å². The molecule has 1 aliphatic rings. The monoisotopic (exact) mass is 1380 g/mol. The van der Waals surface area contributed by atoms with Gasteiger partial charge in [0.2, 0.25) is 70.9 Å². The molecule has 0 unspecified atom stereocenters. The fourth-order valence-electron chi connectivity index (χ4n) is 9.65. The minimum atomic E-state index is -1.78. The number of carbonyl (C=O) groups is 16. The number of hydrogen-bond donors (Lipinski definition) is 21. The zero-order valence-corrected chi connectivity index (χ0v) is 54.5. The first-order valence-electron chi connectivity index (χ1n) is 31.8. The van der Waals surface area contributed by atoms with Gasteiger partial charge in [0.1, 0.15) is 66.5 Å². The Bertz CT molecular complexity index is 2850. The molecule has 12 amide bonds. The first kappa shape index (κ1) is 83.6. The van der Waals surface area contributed by atoms with Gasteiger partial charge in [-0.15, -0.1) is 0 Å². The summed E-state index contributed by atoms with van der Waals surface area (Å²) in [6.07, 6.45) is 2.16. The summed E-state index contributed by atoms with van der Waals surface area (Å²) < 4.78 is 0. The van der Waals surface area contributed by atoms with Crippen molar-refractivity contribution in [3.05, 3.63) is 18.2 Å². The van der Waals surface area contributed by atoms with Crippen molar-refractivity contribution in [2.45, 2.75) is 209 Å². The van der Waals surface area contributed by atoms with E-state index in [-0.39, 0.29) is 71.0 Å². The van der Waals surface area contributed by atoms with Crippen LogP contribution >= 0.6 is 0 Å². The number of H-pyrrole nitrogens is 1. The van der Waals surface area contributed by atoms with E-state index in [0.717, 1.165) is 11.8 Å². The molecule has 39 nitrogen and oxygen atoms in total. The number of aromatic amines is 1. The highest BCUT2D eigenvalue weighted by atomic mass is 16.4. The molecule has 2 rings (SSSR count). The zero-order chi connectivity index (χ0) is 72.9. The average Bonchev–Trinajstić information content (AvgIpc) is 1.74. The number of carboxylic acids is 4. The van der Waals surface area contributed by atoms with Crippen LogP contribution in [0.4, 0.5) is 0 Å². The first-order chi connectivity index (χ1) is 45.9. The summed E-state index contributed by atoms with van der Waals surface area (Å²) in [6, 6.07) is -17.4. The van der Waals surface area contributed by atoms with Crippen molar-refractivity contribution in [2.75, 3.05) is 39.3 Å². The number of rotatable bonds is 48. The van der Waals surface area contributed by atoms with E-state index in [2.05, 4.69) is 68.5 Å². The number of likely N-dealkylation sites (tertiary alicyclic amines) is 1. The Morgan fingerprint density at radius 3 is 1.43 bits per heavy atom. The molecule has 1 aromatic heterocycles. The highest BCUT2D eigenvalue weighted by Gasteiger charge is 2.41. The van der Waals surface area contributed by atoms with Gasteiger partial charge in [0.15, 0.2) is 0 Å². The Morgan fingerprint density at radius 1 is 0.505 bits per heavy atom. The highest BCUT2D eigenvalue weighted by Crippen LogP contribution is 2.21. The van der Waals surface area contributed by atoms with Crippen LogP contribution in [0.1, 0.15) is 136 Å². The van der Waals surface area contributed by atoms with Crippen molar-refractivity contribution >= 4 is 94.8 Å². The van der Waals surface area contributed by atoms with Crippen molar-refractivity contribution in [3.63, 3.8) is 0 Å². The predicted molar refractivity (Wildman–Crippen MR) is 338 cm³/mol. The molecule has 0 bridgehead atoms. The normalized spacial score (nSPS) is 16.0. The van der Waals surface area contributed by atoms with Gasteiger partial charge in [-0.25, -0.2) is 9.78 Å². The molecule has 1 aromatic rings. The van der Waals surface area contributed by atoms with Gasteiger partial charge in [-0.05, 0) is 130 Å². The van der Waals surface area contributed by atoms with Crippen LogP contribution in [-0.4, -0.2) is 247 Å². The number of amides is 12. The van der Waals surface area contributed by atoms with E-state index >= 15 is 0 Å². The van der Waals surface area contributed by atoms with E-state index in [9.17, 15) is 97.1 Å². The highest BCUT2D eigenvalue weighted by molar-refractivity contribution is 5.99. The lowest BCUT2D eigenvalue weighted by atomic mass is 10.0. The summed E-state index contributed by atoms with van der Waals surface area (Å²) >= 11 is 0. The van der Waals surface area contributed by atoms with Crippen LogP contribution in [0.15, 0.2) is 12.5 Å². The number of nitrogens with two attached hydrogens (primary N) is 4. The number of aromatic nitrogens is 2. The van der Waals surface area contributed by atoms with Crippen molar-refractivity contribution < 1.29 is 102 Å². The Hall–Kier alpha value is -9.47. The second kappa shape index (κ2) is 44.3. The molecule has 25 N–H and O–H groups in total. The number of carbonyl (C=O) groups excluding carboxylic acids is 12. The van der Waals surface area contributed by atoms with Gasteiger partial charge in [0.05, 0.1) is 25.5 Å². The summed E-state index contributed by atoms with van der Waals surface area (Å²) in [6.45, 7) is 2.41. The molecule has 0 radical (unpaired) electrons. The predicted octanol–water partition coefficient (Wildman–Crippen LogP) is -7.65. The fourth-order valence-corrected chi connectivity index (χ4v) is 9.65. The minimum absolute atomic E-state index is 0.0226. The summed E-state index contributed by atoms with van der Waals surface area (Å²) in [5.74, 6) is -16.7. The van der Waals surface area contributed by atoms with Gasteiger partial charge >= 0.3 is 23.9 Å². The lowest BCUT2D eigenvalue weighted by Crippen LogP contribution is -2.60. The topological polar surface area (TPSA) is 643 Å². The second-order valence-corrected chi connectivity index (χ2v) is 23.1. The molecule has 97 heavy (non-hydrogen) atoms. The van der Waals surface area contributed by atoms with E-state index in [4.69, 9.17) is 28.0 Å². The summed E-state index contributed by atoms with van der Waals surface area (Å²) in [7, 11) is 0. The molecule has 0 aliphatic carbocycles. The fraction of sp³-hybridized carbons (Fsp3) is 0.672. The zero-order valence-electron chi connectivity index (χ0n) is 54.5. The number of aliphatic hydroxyl groups excluding tert-OH is 1. The van der Waals surface area contributed by atoms with Crippen LogP contribution in [0.3, 0.4) is 0 Å². The van der Waals surface area contributed by atoms with Gasteiger partial charge in [-0.2, -0.15) is 0 Å². The lowest BCUT2D eigenvalue weighted by Gasteiger charge is -2.30. The standard InChI is InChI=1S/C58H96N18O21/c1-30(67-52(90)36(12-5-8-22-60)71-54(92)40(25-33-26-63-29-65-33)74-56(94)42-14-10-24-76(42)57(95)38(17-20-46(83)84)72-50(88)34(62)15-18-44(79)80)47(85)66-31(2)49(87)75-41(28-77)55(93)68-32(3)48(86)70-37(16-19-45(81)82)51(89)64-27-43(78)69-35(11-4-7-21-59)53(91)73-39(58(96)97)13-6-9-23-61/h26,29-32,34-42,77H,4-25,27-28,59-62H2,1-3H3,(H,63,65)(H,64,89)(H,66,85)(H,67,90)(H,68,93)(H,69,78)(H,70,86)(H,71,92)(H,72,88)(H,73,91)(H,74,94)(H,75,87)(H,79,80)(H,81,82)(H,83,84)(H,96,97)/t30-,31-,32-,34-,35-,36-,37-,38-,39-,40-,41-,42-/m0/s1. The maximum Gasteiger partial charge on any atom is 0.326 e.